The predicted octanol–water partition coefficient (Wildman–Crippen LogP) is 0.111. The van der Waals surface area contributed by atoms with Gasteiger partial charge in [-0.2, -0.15) is 5.10 Å². The van der Waals surface area contributed by atoms with E-state index >= 15 is 0 Å². The molecule has 14 heavy (non-hydrogen) atoms. The van der Waals surface area contributed by atoms with Crippen LogP contribution in [0.25, 0.3) is 0 Å². The maximum Gasteiger partial charge on any atom is 0.191 e. The lowest BCUT2D eigenvalue weighted by Crippen LogP contribution is -2.35. The number of nitrogens with two attached hydrogens (primary N) is 1. The van der Waals surface area contributed by atoms with Gasteiger partial charge in [0.25, 0.3) is 0 Å². The summed E-state index contributed by atoms with van der Waals surface area (Å²) in [6, 6.07) is 0.272. The minimum atomic E-state index is 0.272. The molecule has 0 bridgehead atoms. The highest BCUT2D eigenvalue weighted by molar-refractivity contribution is 5.80. The van der Waals surface area contributed by atoms with Gasteiger partial charge < -0.3 is 10.6 Å². The summed E-state index contributed by atoms with van der Waals surface area (Å²) in [5, 5.41) is 4.15. The summed E-state index contributed by atoms with van der Waals surface area (Å²) in [6.45, 7) is 3.71. The summed E-state index contributed by atoms with van der Waals surface area (Å²) in [4.78, 5) is 6.33. The third-order valence-corrected chi connectivity index (χ3v) is 2.55. The molecule has 1 aliphatic rings. The van der Waals surface area contributed by atoms with Gasteiger partial charge in [0.15, 0.2) is 5.96 Å². The fourth-order valence-electron chi connectivity index (χ4n) is 1.81. The van der Waals surface area contributed by atoms with Crippen molar-refractivity contribution in [3.63, 3.8) is 0 Å². The van der Waals surface area contributed by atoms with E-state index in [-0.39, 0.29) is 6.04 Å². The lowest BCUT2D eigenvalue weighted by Gasteiger charge is -2.23. The molecule has 1 unspecified atom stereocenters. The Hall–Kier alpha value is -1.52. The average Bonchev–Trinajstić information content (AvgIpc) is 2.71. The van der Waals surface area contributed by atoms with Crippen molar-refractivity contribution in [3.05, 3.63) is 18.0 Å². The van der Waals surface area contributed by atoms with Crippen LogP contribution in [-0.4, -0.2) is 33.7 Å². The van der Waals surface area contributed by atoms with Gasteiger partial charge in [-0.25, -0.2) is 0 Å². The SMILES string of the molecule is CCN1C(N)=NCC1c1cnn(C)c1. The summed E-state index contributed by atoms with van der Waals surface area (Å²) in [5.74, 6) is 0.640. The quantitative estimate of drug-likeness (QED) is 0.725. The second-order valence-corrected chi connectivity index (χ2v) is 3.45. The third kappa shape index (κ3) is 1.34. The fourth-order valence-corrected chi connectivity index (χ4v) is 1.81. The largest absolute Gasteiger partial charge is 0.370 e. The highest BCUT2D eigenvalue weighted by atomic mass is 15.3. The summed E-state index contributed by atoms with van der Waals surface area (Å²) in [6.07, 6.45) is 3.89. The number of aryl methyl sites for hydroxylation is 1. The molecule has 0 aliphatic carbocycles. The molecule has 2 heterocycles. The van der Waals surface area contributed by atoms with Gasteiger partial charge in [-0.1, -0.05) is 0 Å². The van der Waals surface area contributed by atoms with Crippen molar-refractivity contribution in [2.45, 2.75) is 13.0 Å². The lowest BCUT2D eigenvalue weighted by atomic mass is 10.1. The van der Waals surface area contributed by atoms with Crippen LogP contribution in [0.1, 0.15) is 18.5 Å². The highest BCUT2D eigenvalue weighted by Gasteiger charge is 2.26. The first-order valence-corrected chi connectivity index (χ1v) is 4.77. The number of rotatable bonds is 2. The standard InChI is InChI=1S/C9H15N5/c1-3-14-8(5-11-9(14)10)7-4-12-13(2)6-7/h4,6,8H,3,5H2,1-2H3,(H2,10,11). The molecular weight excluding hydrogens is 178 g/mol. The monoisotopic (exact) mass is 193 g/mol. The Labute approximate surface area is 83.2 Å². The Morgan fingerprint density at radius 1 is 1.64 bits per heavy atom. The molecule has 0 spiro atoms. The van der Waals surface area contributed by atoms with Gasteiger partial charge in [-0.05, 0) is 6.92 Å². The molecule has 0 aromatic carbocycles. The van der Waals surface area contributed by atoms with Crippen LogP contribution >= 0.6 is 0 Å². The van der Waals surface area contributed by atoms with Crippen LogP contribution in [0.5, 0.6) is 0 Å². The normalized spacial score (nSPS) is 21.4. The van der Waals surface area contributed by atoms with E-state index in [0.717, 1.165) is 13.1 Å². The first-order valence-electron chi connectivity index (χ1n) is 4.77. The molecule has 5 nitrogen and oxygen atoms in total. The van der Waals surface area contributed by atoms with Crippen LogP contribution in [0.15, 0.2) is 17.4 Å². The molecule has 0 saturated carbocycles. The number of aliphatic imine (C=N–C) groups is 1. The van der Waals surface area contributed by atoms with E-state index in [2.05, 4.69) is 21.9 Å². The molecule has 1 aromatic rings. The molecule has 2 N–H and O–H groups in total. The van der Waals surface area contributed by atoms with Gasteiger partial charge in [0.1, 0.15) is 0 Å². The van der Waals surface area contributed by atoms with E-state index in [1.165, 1.54) is 5.56 Å². The Morgan fingerprint density at radius 2 is 2.43 bits per heavy atom. The number of nitrogens with zero attached hydrogens (tertiary/aromatic N) is 4. The van der Waals surface area contributed by atoms with Crippen molar-refractivity contribution >= 4 is 5.96 Å². The zero-order chi connectivity index (χ0) is 10.1. The fraction of sp³-hybridized carbons (Fsp3) is 0.556. The van der Waals surface area contributed by atoms with Crippen molar-refractivity contribution in [2.75, 3.05) is 13.1 Å². The lowest BCUT2D eigenvalue weighted by molar-refractivity contribution is 0.364. The zero-order valence-corrected chi connectivity index (χ0v) is 8.51. The summed E-state index contributed by atoms with van der Waals surface area (Å²) < 4.78 is 1.80. The minimum Gasteiger partial charge on any atom is -0.370 e. The first-order chi connectivity index (χ1) is 6.72. The van der Waals surface area contributed by atoms with Crippen molar-refractivity contribution in [3.8, 4) is 0 Å². The number of hydrogen-bond acceptors (Lipinski definition) is 4. The van der Waals surface area contributed by atoms with Gasteiger partial charge in [0, 0.05) is 25.4 Å². The first kappa shape index (κ1) is 9.05. The Kier molecular flexibility index (Phi) is 2.15. The Balaban J connectivity index is 2.21. The molecule has 76 valence electrons. The Bertz CT molecular complexity index is 354. The average molecular weight is 193 g/mol. The third-order valence-electron chi connectivity index (χ3n) is 2.55. The predicted molar refractivity (Wildman–Crippen MR) is 54.8 cm³/mol. The van der Waals surface area contributed by atoms with E-state index in [4.69, 9.17) is 5.73 Å². The number of aromatic nitrogens is 2. The van der Waals surface area contributed by atoms with Crippen molar-refractivity contribution in [1.29, 1.82) is 0 Å². The Morgan fingerprint density at radius 3 is 3.00 bits per heavy atom. The van der Waals surface area contributed by atoms with E-state index in [1.54, 1.807) is 4.68 Å². The van der Waals surface area contributed by atoms with Gasteiger partial charge >= 0.3 is 0 Å². The number of hydrogen-bond donors (Lipinski definition) is 1. The molecule has 0 radical (unpaired) electrons. The second kappa shape index (κ2) is 3.32. The zero-order valence-electron chi connectivity index (χ0n) is 8.51. The summed E-state index contributed by atoms with van der Waals surface area (Å²) >= 11 is 0. The van der Waals surface area contributed by atoms with E-state index in [1.807, 2.05) is 19.4 Å². The van der Waals surface area contributed by atoms with Crippen molar-refractivity contribution in [2.24, 2.45) is 17.8 Å². The van der Waals surface area contributed by atoms with Gasteiger partial charge in [-0.15, -0.1) is 0 Å². The topological polar surface area (TPSA) is 59.4 Å². The van der Waals surface area contributed by atoms with Crippen LogP contribution < -0.4 is 5.73 Å². The van der Waals surface area contributed by atoms with E-state index < -0.39 is 0 Å². The van der Waals surface area contributed by atoms with Crippen molar-refractivity contribution < 1.29 is 0 Å². The molecule has 0 amide bonds. The molecule has 0 saturated heterocycles. The van der Waals surface area contributed by atoms with Gasteiger partial charge in [0.05, 0.1) is 18.8 Å². The molecule has 1 atom stereocenters. The second-order valence-electron chi connectivity index (χ2n) is 3.45. The van der Waals surface area contributed by atoms with Crippen LogP contribution in [0, 0.1) is 0 Å². The smallest absolute Gasteiger partial charge is 0.191 e. The number of guanidine groups is 1. The van der Waals surface area contributed by atoms with E-state index in [0.29, 0.717) is 5.96 Å². The van der Waals surface area contributed by atoms with E-state index in [9.17, 15) is 0 Å². The van der Waals surface area contributed by atoms with Crippen LogP contribution in [0.3, 0.4) is 0 Å². The summed E-state index contributed by atoms with van der Waals surface area (Å²) in [7, 11) is 1.92. The molecular formula is C9H15N5. The summed E-state index contributed by atoms with van der Waals surface area (Å²) in [5.41, 5.74) is 6.95. The van der Waals surface area contributed by atoms with Crippen molar-refractivity contribution in [1.82, 2.24) is 14.7 Å². The highest BCUT2D eigenvalue weighted by Crippen LogP contribution is 2.24. The van der Waals surface area contributed by atoms with Crippen LogP contribution in [0.4, 0.5) is 0 Å². The number of likely N-dealkylation sites (N-methyl/N-ethyl adjacent to an activating group) is 1. The molecule has 2 rings (SSSR count). The van der Waals surface area contributed by atoms with Crippen LogP contribution in [-0.2, 0) is 7.05 Å². The van der Waals surface area contributed by atoms with Gasteiger partial charge in [-0.3, -0.25) is 9.67 Å². The minimum absolute atomic E-state index is 0.272. The molecule has 5 heteroatoms. The maximum absolute atomic E-state index is 5.77. The molecule has 1 aromatic heterocycles. The van der Waals surface area contributed by atoms with Crippen LogP contribution in [0.2, 0.25) is 0 Å². The molecule has 0 fully saturated rings. The molecule has 1 aliphatic heterocycles. The maximum atomic E-state index is 5.77. The van der Waals surface area contributed by atoms with Gasteiger partial charge in [0.2, 0.25) is 0 Å².